The maximum atomic E-state index is 12.8. The van der Waals surface area contributed by atoms with E-state index >= 15 is 0 Å². The molecule has 0 saturated heterocycles. The summed E-state index contributed by atoms with van der Waals surface area (Å²) >= 11 is 6.50. The van der Waals surface area contributed by atoms with Crippen molar-refractivity contribution < 1.29 is 8.42 Å². The van der Waals surface area contributed by atoms with E-state index in [-0.39, 0.29) is 17.4 Å². The summed E-state index contributed by atoms with van der Waals surface area (Å²) in [4.78, 5) is 0. The number of aryl methyl sites for hydroxylation is 1. The van der Waals surface area contributed by atoms with Gasteiger partial charge in [-0.1, -0.05) is 71.5 Å². The number of aromatic nitrogens is 2. The van der Waals surface area contributed by atoms with Gasteiger partial charge in [-0.2, -0.15) is 5.10 Å². The largest absolute Gasteiger partial charge is 0.258 e. The fraction of sp³-hybridized carbons (Fsp3) is 0.263. The number of rotatable bonds is 7. The van der Waals surface area contributed by atoms with Gasteiger partial charge in [0.25, 0.3) is 0 Å². The quantitative estimate of drug-likeness (QED) is 0.591. The molecule has 1 heterocycles. The molecule has 2 aromatic carbocycles. The molecule has 0 amide bonds. The molecule has 0 bridgehead atoms. The molecule has 1 unspecified atom stereocenters. The maximum Gasteiger partial charge on any atom is 0.176 e. The first-order valence-corrected chi connectivity index (χ1v) is 11.3. The predicted molar refractivity (Wildman–Crippen MR) is 109 cm³/mol. The Kier molecular flexibility index (Phi) is 6.01. The highest BCUT2D eigenvalue weighted by Crippen LogP contribution is 2.25. The maximum absolute atomic E-state index is 12.8. The van der Waals surface area contributed by atoms with E-state index in [0.29, 0.717) is 10.4 Å². The number of benzene rings is 2. The van der Waals surface area contributed by atoms with Gasteiger partial charge in [0.2, 0.25) is 0 Å². The minimum absolute atomic E-state index is 0.0481. The van der Waals surface area contributed by atoms with E-state index in [1.807, 2.05) is 61.5 Å². The average molecular weight is 405 g/mol. The van der Waals surface area contributed by atoms with Crippen molar-refractivity contribution in [3.63, 3.8) is 0 Å². The predicted octanol–water partition coefficient (Wildman–Crippen LogP) is 4.45. The van der Waals surface area contributed by atoms with Gasteiger partial charge < -0.3 is 0 Å². The van der Waals surface area contributed by atoms with Crippen molar-refractivity contribution in [3.05, 3.63) is 80.2 Å². The first-order chi connectivity index (χ1) is 12.4. The molecule has 136 valence electrons. The zero-order valence-corrected chi connectivity index (χ0v) is 16.8. The van der Waals surface area contributed by atoms with Crippen molar-refractivity contribution in [1.29, 1.82) is 0 Å². The number of H-pyrrole nitrogens is 1. The molecule has 0 aliphatic rings. The Morgan fingerprint density at radius 2 is 1.81 bits per heavy atom. The molecule has 7 heteroatoms. The number of aromatic amines is 1. The van der Waals surface area contributed by atoms with Gasteiger partial charge in [0.15, 0.2) is 13.8 Å². The van der Waals surface area contributed by atoms with E-state index in [4.69, 9.17) is 12.2 Å². The van der Waals surface area contributed by atoms with Gasteiger partial charge in [0, 0.05) is 12.3 Å². The molecule has 1 N–H and O–H groups in total. The van der Waals surface area contributed by atoms with Crippen molar-refractivity contribution >= 4 is 33.4 Å². The van der Waals surface area contributed by atoms with Crippen molar-refractivity contribution in [2.75, 3.05) is 5.75 Å². The Morgan fingerprint density at radius 1 is 1.12 bits per heavy atom. The molecule has 26 heavy (non-hydrogen) atoms. The molecule has 3 aromatic rings. The summed E-state index contributed by atoms with van der Waals surface area (Å²) in [6.45, 7) is 2.02. The first kappa shape index (κ1) is 18.9. The second kappa shape index (κ2) is 8.24. The van der Waals surface area contributed by atoms with Gasteiger partial charge >= 0.3 is 0 Å². The number of hydrogen-bond donors (Lipinski definition) is 1. The second-order valence-electron chi connectivity index (χ2n) is 6.36. The van der Waals surface area contributed by atoms with Gasteiger partial charge in [0.1, 0.15) is 5.01 Å². The van der Waals surface area contributed by atoms with Crippen LogP contribution in [-0.2, 0) is 22.0 Å². The van der Waals surface area contributed by atoms with Gasteiger partial charge in [-0.25, -0.2) is 8.42 Å². The van der Waals surface area contributed by atoms with Gasteiger partial charge in [-0.15, -0.1) is 0 Å². The highest BCUT2D eigenvalue weighted by atomic mass is 32.2. The van der Waals surface area contributed by atoms with E-state index in [9.17, 15) is 8.42 Å². The Labute approximate surface area is 162 Å². The fourth-order valence-electron chi connectivity index (χ4n) is 2.86. The van der Waals surface area contributed by atoms with E-state index in [0.717, 1.165) is 21.7 Å². The van der Waals surface area contributed by atoms with Gasteiger partial charge in [0.05, 0.1) is 11.5 Å². The van der Waals surface area contributed by atoms with Gasteiger partial charge in [-0.05, 0) is 30.3 Å². The Balaban J connectivity index is 1.84. The summed E-state index contributed by atoms with van der Waals surface area (Å²) in [6.07, 6.45) is 0.550. The normalized spacial score (nSPS) is 12.8. The molecule has 1 aromatic heterocycles. The van der Waals surface area contributed by atoms with Crippen LogP contribution in [0.25, 0.3) is 0 Å². The van der Waals surface area contributed by atoms with Crippen molar-refractivity contribution in [1.82, 2.24) is 10.2 Å². The summed E-state index contributed by atoms with van der Waals surface area (Å²) in [5.41, 5.74) is 2.97. The Bertz CT molecular complexity index is 1010. The smallest absolute Gasteiger partial charge is 0.176 e. The lowest BCUT2D eigenvalue weighted by Gasteiger charge is -2.17. The first-order valence-electron chi connectivity index (χ1n) is 8.26. The minimum atomic E-state index is -3.26. The molecule has 0 spiro atoms. The van der Waals surface area contributed by atoms with E-state index in [2.05, 4.69) is 10.2 Å². The molecule has 4 nitrogen and oxygen atoms in total. The summed E-state index contributed by atoms with van der Waals surface area (Å²) in [5.74, 6) is -0.0256. The topological polar surface area (TPSA) is 62.8 Å². The van der Waals surface area contributed by atoms with Crippen LogP contribution in [0.1, 0.15) is 27.6 Å². The molecular formula is C19H20N2O2S3. The lowest BCUT2D eigenvalue weighted by atomic mass is 9.97. The highest BCUT2D eigenvalue weighted by molar-refractivity contribution is 7.90. The number of hydrogen-bond acceptors (Lipinski definition) is 5. The summed E-state index contributed by atoms with van der Waals surface area (Å²) in [5, 5.41) is 7.81. The molecule has 0 aliphatic heterocycles. The molecule has 0 fully saturated rings. The van der Waals surface area contributed by atoms with Crippen LogP contribution < -0.4 is 0 Å². The SMILES string of the molecule is Cc1ccc(C(Cc2n[nH]c(=S)s2)CS(=O)(=O)Cc2ccccc2)cc1. The monoisotopic (exact) mass is 404 g/mol. The molecule has 0 radical (unpaired) electrons. The average Bonchev–Trinajstić information content (AvgIpc) is 3.00. The number of nitrogens with one attached hydrogen (secondary N) is 1. The van der Waals surface area contributed by atoms with Crippen LogP contribution in [0, 0.1) is 10.9 Å². The van der Waals surface area contributed by atoms with Crippen LogP contribution >= 0.6 is 23.6 Å². The summed E-state index contributed by atoms with van der Waals surface area (Å²) in [7, 11) is -3.26. The Hall–Kier alpha value is -1.83. The van der Waals surface area contributed by atoms with E-state index in [1.54, 1.807) is 0 Å². The second-order valence-corrected chi connectivity index (χ2v) is 10.2. The highest BCUT2D eigenvalue weighted by Gasteiger charge is 2.23. The number of nitrogens with zero attached hydrogens (tertiary/aromatic N) is 1. The van der Waals surface area contributed by atoms with Crippen LogP contribution in [-0.4, -0.2) is 24.4 Å². The standard InChI is InChI=1S/C19H20N2O2S3/c1-14-7-9-16(10-8-14)17(11-18-20-21-19(24)25-18)13-26(22,23)12-15-5-3-2-4-6-15/h2-10,17H,11-13H2,1H3,(H,21,24). The number of sulfone groups is 1. The van der Waals surface area contributed by atoms with Crippen LogP contribution in [0.2, 0.25) is 0 Å². The zero-order valence-electron chi connectivity index (χ0n) is 14.4. The zero-order chi connectivity index (χ0) is 18.6. The van der Waals surface area contributed by atoms with Crippen molar-refractivity contribution in [3.8, 4) is 0 Å². The van der Waals surface area contributed by atoms with Crippen LogP contribution in [0.4, 0.5) is 0 Å². The van der Waals surface area contributed by atoms with Crippen molar-refractivity contribution in [2.45, 2.75) is 25.0 Å². The van der Waals surface area contributed by atoms with E-state index in [1.165, 1.54) is 11.3 Å². The molecule has 1 atom stereocenters. The molecule has 0 aliphatic carbocycles. The van der Waals surface area contributed by atoms with Crippen LogP contribution in [0.5, 0.6) is 0 Å². The van der Waals surface area contributed by atoms with Crippen molar-refractivity contribution in [2.24, 2.45) is 0 Å². The van der Waals surface area contributed by atoms with E-state index < -0.39 is 9.84 Å². The molecule has 0 saturated carbocycles. The summed E-state index contributed by atoms with van der Waals surface area (Å²) in [6, 6.07) is 17.3. The molecule has 3 rings (SSSR count). The fourth-order valence-corrected chi connectivity index (χ4v) is 5.62. The van der Waals surface area contributed by atoms with Crippen LogP contribution in [0.15, 0.2) is 54.6 Å². The third-order valence-corrected chi connectivity index (χ3v) is 6.93. The Morgan fingerprint density at radius 3 is 2.42 bits per heavy atom. The molecular weight excluding hydrogens is 384 g/mol. The lowest BCUT2D eigenvalue weighted by Crippen LogP contribution is -2.18. The lowest BCUT2D eigenvalue weighted by molar-refractivity contribution is 0.585. The van der Waals surface area contributed by atoms with Gasteiger partial charge in [-0.3, -0.25) is 5.10 Å². The third-order valence-electron chi connectivity index (χ3n) is 4.14. The third kappa shape index (κ3) is 5.33. The van der Waals surface area contributed by atoms with Crippen LogP contribution in [0.3, 0.4) is 0 Å². The summed E-state index contributed by atoms with van der Waals surface area (Å²) < 4.78 is 26.2. The minimum Gasteiger partial charge on any atom is -0.258 e.